The zero-order valence-corrected chi connectivity index (χ0v) is 23.3. The molecule has 0 bridgehead atoms. The zero-order valence-electron chi connectivity index (χ0n) is 21.8. The lowest BCUT2D eigenvalue weighted by Crippen LogP contribution is -2.31. The first kappa shape index (κ1) is 27.0. The summed E-state index contributed by atoms with van der Waals surface area (Å²) in [4.78, 5) is 18.5. The highest BCUT2D eigenvalue weighted by atomic mass is 79.9. The summed E-state index contributed by atoms with van der Waals surface area (Å²) in [5.41, 5.74) is 3.73. The van der Waals surface area contributed by atoms with Gasteiger partial charge in [0.1, 0.15) is 5.75 Å². The molecule has 0 radical (unpaired) electrons. The maximum Gasteiger partial charge on any atom is 0.299 e. The van der Waals surface area contributed by atoms with Gasteiger partial charge in [0.2, 0.25) is 5.75 Å². The van der Waals surface area contributed by atoms with E-state index in [-0.39, 0.29) is 5.91 Å². The van der Waals surface area contributed by atoms with E-state index in [1.54, 1.807) is 45.5 Å². The topological polar surface area (TPSA) is 73.0 Å². The molecule has 0 saturated carbocycles. The normalized spacial score (nSPS) is 10.4. The molecule has 196 valence electrons. The quantitative estimate of drug-likeness (QED) is 0.263. The number of halogens is 1. The largest absolute Gasteiger partial charge is 0.497 e. The molecule has 1 heterocycles. The van der Waals surface area contributed by atoms with Gasteiger partial charge in [-0.2, -0.15) is 0 Å². The van der Waals surface area contributed by atoms with Gasteiger partial charge in [-0.3, -0.25) is 4.79 Å². The Bertz CT molecular complexity index is 1460. The first-order valence-electron chi connectivity index (χ1n) is 12.0. The number of carbonyl (C=O) groups excluding carboxylic acids is 1. The fourth-order valence-corrected chi connectivity index (χ4v) is 4.84. The number of nitrogens with one attached hydrogen (secondary N) is 1. The van der Waals surface area contributed by atoms with Crippen molar-refractivity contribution in [1.29, 1.82) is 0 Å². The Kier molecular flexibility index (Phi) is 8.82. The van der Waals surface area contributed by atoms with E-state index in [2.05, 4.69) is 32.8 Å². The van der Waals surface area contributed by atoms with Gasteiger partial charge in [-0.15, -0.1) is 0 Å². The maximum absolute atomic E-state index is 13.4. The Hall–Kier alpha value is -4.09. The van der Waals surface area contributed by atoms with Crippen LogP contribution in [-0.2, 0) is 17.8 Å². The third-order valence-electron chi connectivity index (χ3n) is 6.19. The van der Waals surface area contributed by atoms with Crippen LogP contribution in [0.25, 0.3) is 10.9 Å². The van der Waals surface area contributed by atoms with Gasteiger partial charge in [-0.1, -0.05) is 40.0 Å². The number of hydrogen-bond donors (Lipinski definition) is 1. The molecule has 0 aliphatic carbocycles. The average molecular weight is 577 g/mol. The van der Waals surface area contributed by atoms with Crippen molar-refractivity contribution in [1.82, 2.24) is 9.88 Å². The van der Waals surface area contributed by atoms with E-state index in [1.165, 1.54) is 0 Å². The number of benzene rings is 3. The third kappa shape index (κ3) is 6.06. The number of methoxy groups -OCH3 is 4. The van der Waals surface area contributed by atoms with Gasteiger partial charge < -0.3 is 28.8 Å². The number of aromatic nitrogens is 1. The van der Waals surface area contributed by atoms with Crippen LogP contribution >= 0.6 is 15.9 Å². The van der Waals surface area contributed by atoms with E-state index < -0.39 is 0 Å². The molecule has 0 aliphatic rings. The van der Waals surface area contributed by atoms with E-state index in [1.807, 2.05) is 48.7 Å². The van der Waals surface area contributed by atoms with Crippen LogP contribution in [0.1, 0.15) is 16.7 Å². The van der Waals surface area contributed by atoms with E-state index in [0.717, 1.165) is 32.3 Å². The Morgan fingerprint density at radius 2 is 1.66 bits per heavy atom. The predicted molar refractivity (Wildman–Crippen MR) is 151 cm³/mol. The summed E-state index contributed by atoms with van der Waals surface area (Å²) >= 11 is 3.65. The SMILES string of the molecule is COc1ccc(CN(CCc2c[nH]c3cccc(Br)c23)C(=O)C#Cc2cc(OC)c(OC)c(OC)c2)cc1. The second-order valence-corrected chi connectivity index (χ2v) is 9.32. The van der Waals surface area contributed by atoms with Gasteiger partial charge in [0, 0.05) is 46.1 Å². The lowest BCUT2D eigenvalue weighted by molar-refractivity contribution is -0.125. The van der Waals surface area contributed by atoms with Crippen LogP contribution in [0.2, 0.25) is 0 Å². The minimum atomic E-state index is -0.284. The molecule has 4 aromatic rings. The molecule has 0 unspecified atom stereocenters. The van der Waals surface area contributed by atoms with Crippen molar-refractivity contribution in [2.45, 2.75) is 13.0 Å². The zero-order chi connectivity index (χ0) is 27.1. The van der Waals surface area contributed by atoms with Crippen LogP contribution in [0.5, 0.6) is 23.0 Å². The van der Waals surface area contributed by atoms with Crippen molar-refractivity contribution < 1.29 is 23.7 Å². The molecular weight excluding hydrogens is 548 g/mol. The van der Waals surface area contributed by atoms with Crippen molar-refractivity contribution in [3.63, 3.8) is 0 Å². The number of amides is 1. The Morgan fingerprint density at radius 1 is 0.947 bits per heavy atom. The average Bonchev–Trinajstić information content (AvgIpc) is 3.37. The molecule has 3 aromatic carbocycles. The first-order chi connectivity index (χ1) is 18.5. The first-order valence-corrected chi connectivity index (χ1v) is 12.7. The maximum atomic E-state index is 13.4. The van der Waals surface area contributed by atoms with Crippen LogP contribution in [0.4, 0.5) is 0 Å². The molecule has 38 heavy (non-hydrogen) atoms. The fraction of sp³-hybridized carbons (Fsp3) is 0.233. The third-order valence-corrected chi connectivity index (χ3v) is 6.85. The summed E-state index contributed by atoms with van der Waals surface area (Å²) in [6, 6.07) is 17.2. The Labute approximate surface area is 230 Å². The highest BCUT2D eigenvalue weighted by Crippen LogP contribution is 2.38. The number of ether oxygens (including phenoxy) is 4. The summed E-state index contributed by atoms with van der Waals surface area (Å²) in [6.07, 6.45) is 2.66. The predicted octanol–water partition coefficient (Wildman–Crippen LogP) is 5.59. The number of H-pyrrole nitrogens is 1. The molecule has 1 aromatic heterocycles. The van der Waals surface area contributed by atoms with Gasteiger partial charge in [0.15, 0.2) is 11.5 Å². The second kappa shape index (κ2) is 12.4. The summed E-state index contributed by atoms with van der Waals surface area (Å²) in [5.74, 6) is 7.67. The van der Waals surface area contributed by atoms with Crippen molar-refractivity contribution in [3.05, 3.63) is 82.0 Å². The van der Waals surface area contributed by atoms with E-state index in [4.69, 9.17) is 18.9 Å². The molecule has 1 amide bonds. The van der Waals surface area contributed by atoms with Crippen molar-refractivity contribution in [2.24, 2.45) is 0 Å². The number of rotatable bonds is 9. The highest BCUT2D eigenvalue weighted by Gasteiger charge is 2.16. The van der Waals surface area contributed by atoms with Crippen molar-refractivity contribution >= 4 is 32.7 Å². The molecule has 1 N–H and O–H groups in total. The lowest BCUT2D eigenvalue weighted by Gasteiger charge is -2.20. The molecule has 0 saturated heterocycles. The Morgan fingerprint density at radius 3 is 2.29 bits per heavy atom. The van der Waals surface area contributed by atoms with Gasteiger partial charge in [0.05, 0.1) is 28.4 Å². The van der Waals surface area contributed by atoms with Crippen LogP contribution in [0.3, 0.4) is 0 Å². The summed E-state index contributed by atoms with van der Waals surface area (Å²) in [7, 11) is 6.25. The molecule has 0 fully saturated rings. The summed E-state index contributed by atoms with van der Waals surface area (Å²) in [5, 5.41) is 1.12. The number of fused-ring (bicyclic) bond motifs is 1. The number of hydrogen-bond acceptors (Lipinski definition) is 5. The molecule has 0 spiro atoms. The monoisotopic (exact) mass is 576 g/mol. The highest BCUT2D eigenvalue weighted by molar-refractivity contribution is 9.10. The van der Waals surface area contributed by atoms with E-state index in [0.29, 0.717) is 42.3 Å². The molecule has 0 aliphatic heterocycles. The molecular formula is C30H29BrN2O5. The van der Waals surface area contributed by atoms with E-state index in [9.17, 15) is 4.79 Å². The van der Waals surface area contributed by atoms with Gasteiger partial charge in [0.25, 0.3) is 5.91 Å². The summed E-state index contributed by atoms with van der Waals surface area (Å²) in [6.45, 7) is 0.902. The van der Waals surface area contributed by atoms with Gasteiger partial charge in [-0.05, 0) is 53.9 Å². The molecule has 7 nitrogen and oxygen atoms in total. The minimum Gasteiger partial charge on any atom is -0.497 e. The smallest absolute Gasteiger partial charge is 0.299 e. The van der Waals surface area contributed by atoms with Crippen LogP contribution < -0.4 is 18.9 Å². The summed E-state index contributed by atoms with van der Waals surface area (Å²) < 4.78 is 22.5. The second-order valence-electron chi connectivity index (χ2n) is 8.47. The molecule has 4 rings (SSSR count). The standard InChI is InChI=1S/C30H29BrN2O5/c1-35-23-11-8-20(9-12-23)19-33(15-14-22-18-32-25-7-5-6-24(31)29(22)25)28(34)13-10-21-16-26(36-2)30(38-4)27(17-21)37-3/h5-9,11-12,16-18,32H,14-15,19H2,1-4H3. The number of nitrogens with zero attached hydrogens (tertiary/aromatic N) is 1. The number of aromatic amines is 1. The number of carbonyl (C=O) groups is 1. The lowest BCUT2D eigenvalue weighted by atomic mass is 10.1. The molecule has 0 atom stereocenters. The Balaban J connectivity index is 1.61. The van der Waals surface area contributed by atoms with Crippen LogP contribution in [-0.4, -0.2) is 50.8 Å². The van der Waals surface area contributed by atoms with Crippen LogP contribution in [0.15, 0.2) is 65.3 Å². The molecule has 8 heteroatoms. The van der Waals surface area contributed by atoms with Crippen molar-refractivity contribution in [3.8, 4) is 34.8 Å². The van der Waals surface area contributed by atoms with Gasteiger partial charge >= 0.3 is 0 Å². The van der Waals surface area contributed by atoms with E-state index >= 15 is 0 Å². The van der Waals surface area contributed by atoms with Crippen LogP contribution in [0, 0.1) is 11.8 Å². The van der Waals surface area contributed by atoms with Crippen molar-refractivity contribution in [2.75, 3.05) is 35.0 Å². The fourth-order valence-electron chi connectivity index (χ4n) is 4.22. The van der Waals surface area contributed by atoms with Gasteiger partial charge in [-0.25, -0.2) is 0 Å². The minimum absolute atomic E-state index is 0.284.